The number of rotatable bonds is 2. The molecular formula is C16H18N2O. The molecule has 2 aromatic carbocycles. The van der Waals surface area contributed by atoms with Gasteiger partial charge in [0, 0.05) is 11.7 Å². The summed E-state index contributed by atoms with van der Waals surface area (Å²) in [6.07, 6.45) is 4.65. The van der Waals surface area contributed by atoms with Crippen LogP contribution in [-0.2, 0) is 0 Å². The van der Waals surface area contributed by atoms with Crippen LogP contribution in [0.5, 0.6) is 0 Å². The summed E-state index contributed by atoms with van der Waals surface area (Å²) in [4.78, 5) is 11.9. The summed E-state index contributed by atoms with van der Waals surface area (Å²) in [7, 11) is 0. The largest absolute Gasteiger partial charge is 0.335 e. The molecule has 3 rings (SSSR count). The summed E-state index contributed by atoms with van der Waals surface area (Å²) in [6.45, 7) is 0. The summed E-state index contributed by atoms with van der Waals surface area (Å²) in [5.41, 5.74) is 0.842. The van der Waals surface area contributed by atoms with Gasteiger partial charge in [0.25, 0.3) is 0 Å². The number of hydrogen-bond donors (Lipinski definition) is 2. The normalized spacial score (nSPS) is 15.6. The van der Waals surface area contributed by atoms with Gasteiger partial charge in [-0.1, -0.05) is 43.2 Å². The fourth-order valence-corrected chi connectivity index (χ4v) is 2.69. The lowest BCUT2D eigenvalue weighted by molar-refractivity contribution is 0.248. The van der Waals surface area contributed by atoms with Crippen molar-refractivity contribution in [3.05, 3.63) is 42.5 Å². The van der Waals surface area contributed by atoms with E-state index in [1.165, 1.54) is 18.2 Å². The lowest BCUT2D eigenvalue weighted by Crippen LogP contribution is -2.36. The second kappa shape index (κ2) is 5.31. The van der Waals surface area contributed by atoms with Crippen LogP contribution < -0.4 is 10.6 Å². The summed E-state index contributed by atoms with van der Waals surface area (Å²) in [5.74, 6) is 0. The van der Waals surface area contributed by atoms with Crippen LogP contribution in [0.2, 0.25) is 0 Å². The van der Waals surface area contributed by atoms with Gasteiger partial charge in [-0.05, 0) is 35.7 Å². The molecular weight excluding hydrogens is 236 g/mol. The first-order valence-corrected chi connectivity index (χ1v) is 6.87. The van der Waals surface area contributed by atoms with Gasteiger partial charge in [0.15, 0.2) is 0 Å². The van der Waals surface area contributed by atoms with Crippen LogP contribution in [0, 0.1) is 0 Å². The molecule has 1 saturated carbocycles. The van der Waals surface area contributed by atoms with Gasteiger partial charge in [-0.3, -0.25) is 0 Å². The third kappa shape index (κ3) is 2.87. The van der Waals surface area contributed by atoms with E-state index in [1.807, 2.05) is 30.3 Å². The molecule has 0 saturated heterocycles. The van der Waals surface area contributed by atoms with Crippen molar-refractivity contribution in [2.75, 3.05) is 5.32 Å². The highest BCUT2D eigenvalue weighted by molar-refractivity contribution is 5.93. The van der Waals surface area contributed by atoms with Gasteiger partial charge < -0.3 is 10.6 Å². The molecule has 0 aliphatic heterocycles. The first-order valence-electron chi connectivity index (χ1n) is 6.87. The number of benzene rings is 2. The van der Waals surface area contributed by atoms with Crippen LogP contribution in [-0.4, -0.2) is 12.1 Å². The number of fused-ring (bicyclic) bond motifs is 1. The zero-order valence-electron chi connectivity index (χ0n) is 10.9. The van der Waals surface area contributed by atoms with Crippen molar-refractivity contribution in [3.8, 4) is 0 Å². The van der Waals surface area contributed by atoms with Crippen molar-refractivity contribution in [1.29, 1.82) is 0 Å². The Morgan fingerprint density at radius 2 is 1.74 bits per heavy atom. The van der Waals surface area contributed by atoms with Crippen LogP contribution in [0.1, 0.15) is 25.7 Å². The highest BCUT2D eigenvalue weighted by atomic mass is 16.2. The molecule has 0 radical (unpaired) electrons. The Balaban J connectivity index is 1.68. The number of amides is 2. The molecule has 0 heterocycles. The standard InChI is InChI=1S/C16H18N2O/c19-16(17-14-7-3-4-8-14)18-15-10-9-12-5-1-2-6-13(12)11-15/h1-2,5-6,9-11,14H,3-4,7-8H2,(H2,17,18,19). The van der Waals surface area contributed by atoms with Crippen LogP contribution in [0.15, 0.2) is 42.5 Å². The minimum absolute atomic E-state index is 0.0952. The van der Waals surface area contributed by atoms with Crippen LogP contribution in [0.25, 0.3) is 10.8 Å². The molecule has 98 valence electrons. The molecule has 3 nitrogen and oxygen atoms in total. The number of carbonyl (C=O) groups excluding carboxylic acids is 1. The van der Waals surface area contributed by atoms with Crippen molar-refractivity contribution in [1.82, 2.24) is 5.32 Å². The minimum atomic E-state index is -0.0952. The van der Waals surface area contributed by atoms with E-state index < -0.39 is 0 Å². The van der Waals surface area contributed by atoms with Crippen LogP contribution in [0.4, 0.5) is 10.5 Å². The third-order valence-corrected chi connectivity index (χ3v) is 3.70. The smallest absolute Gasteiger partial charge is 0.319 e. The van der Waals surface area contributed by atoms with Crippen molar-refractivity contribution in [2.24, 2.45) is 0 Å². The lowest BCUT2D eigenvalue weighted by Gasteiger charge is -2.13. The second-order valence-corrected chi connectivity index (χ2v) is 5.14. The van der Waals surface area contributed by atoms with E-state index >= 15 is 0 Å². The van der Waals surface area contributed by atoms with Crippen molar-refractivity contribution >= 4 is 22.5 Å². The molecule has 1 fully saturated rings. The highest BCUT2D eigenvalue weighted by Crippen LogP contribution is 2.20. The number of nitrogens with one attached hydrogen (secondary N) is 2. The second-order valence-electron chi connectivity index (χ2n) is 5.14. The van der Waals surface area contributed by atoms with Gasteiger partial charge >= 0.3 is 6.03 Å². The van der Waals surface area contributed by atoms with Gasteiger partial charge in [0.2, 0.25) is 0 Å². The summed E-state index contributed by atoms with van der Waals surface area (Å²) >= 11 is 0. The Hall–Kier alpha value is -2.03. The number of carbonyl (C=O) groups is 1. The average Bonchev–Trinajstić information content (AvgIpc) is 2.91. The molecule has 2 N–H and O–H groups in total. The summed E-state index contributed by atoms with van der Waals surface area (Å²) < 4.78 is 0. The molecule has 0 atom stereocenters. The molecule has 2 aromatic rings. The van der Waals surface area contributed by atoms with E-state index in [0.29, 0.717) is 6.04 Å². The van der Waals surface area contributed by atoms with E-state index in [-0.39, 0.29) is 6.03 Å². The Morgan fingerprint density at radius 1 is 1.00 bits per heavy atom. The van der Waals surface area contributed by atoms with Gasteiger partial charge in [-0.25, -0.2) is 4.79 Å². The lowest BCUT2D eigenvalue weighted by atomic mass is 10.1. The fraction of sp³-hybridized carbons (Fsp3) is 0.312. The molecule has 0 aromatic heterocycles. The van der Waals surface area contributed by atoms with E-state index in [9.17, 15) is 4.79 Å². The van der Waals surface area contributed by atoms with E-state index in [2.05, 4.69) is 22.8 Å². The van der Waals surface area contributed by atoms with Crippen LogP contribution in [0.3, 0.4) is 0 Å². The Kier molecular flexibility index (Phi) is 3.36. The maximum absolute atomic E-state index is 11.9. The van der Waals surface area contributed by atoms with E-state index in [0.717, 1.165) is 23.9 Å². The number of urea groups is 1. The SMILES string of the molecule is O=C(Nc1ccc2ccccc2c1)NC1CCCC1. The molecule has 0 spiro atoms. The Morgan fingerprint density at radius 3 is 2.53 bits per heavy atom. The third-order valence-electron chi connectivity index (χ3n) is 3.70. The molecule has 19 heavy (non-hydrogen) atoms. The predicted molar refractivity (Wildman–Crippen MR) is 78.4 cm³/mol. The molecule has 3 heteroatoms. The maximum atomic E-state index is 11.9. The first-order chi connectivity index (χ1) is 9.31. The van der Waals surface area contributed by atoms with Gasteiger partial charge in [-0.15, -0.1) is 0 Å². The fourth-order valence-electron chi connectivity index (χ4n) is 2.69. The topological polar surface area (TPSA) is 41.1 Å². The minimum Gasteiger partial charge on any atom is -0.335 e. The summed E-state index contributed by atoms with van der Waals surface area (Å²) in [6, 6.07) is 14.4. The van der Waals surface area contributed by atoms with Crippen molar-refractivity contribution in [2.45, 2.75) is 31.7 Å². The van der Waals surface area contributed by atoms with Crippen molar-refractivity contribution < 1.29 is 4.79 Å². The molecule has 1 aliphatic rings. The van der Waals surface area contributed by atoms with Gasteiger partial charge in [-0.2, -0.15) is 0 Å². The molecule has 2 amide bonds. The number of anilines is 1. The molecule has 1 aliphatic carbocycles. The molecule has 0 unspecified atom stereocenters. The predicted octanol–water partition coefficient (Wildman–Crippen LogP) is 3.90. The zero-order valence-corrected chi connectivity index (χ0v) is 10.9. The monoisotopic (exact) mass is 254 g/mol. The Bertz CT molecular complexity index is 588. The number of hydrogen-bond acceptors (Lipinski definition) is 1. The maximum Gasteiger partial charge on any atom is 0.319 e. The Labute approximate surface area is 113 Å². The molecule has 0 bridgehead atoms. The first kappa shape index (κ1) is 12.0. The highest BCUT2D eigenvalue weighted by Gasteiger charge is 2.16. The quantitative estimate of drug-likeness (QED) is 0.838. The van der Waals surface area contributed by atoms with Crippen molar-refractivity contribution in [3.63, 3.8) is 0 Å². The van der Waals surface area contributed by atoms with Gasteiger partial charge in [0.1, 0.15) is 0 Å². The van der Waals surface area contributed by atoms with E-state index in [1.54, 1.807) is 0 Å². The summed E-state index contributed by atoms with van der Waals surface area (Å²) in [5, 5.41) is 8.26. The van der Waals surface area contributed by atoms with E-state index in [4.69, 9.17) is 0 Å². The van der Waals surface area contributed by atoms with Crippen LogP contribution >= 0.6 is 0 Å². The van der Waals surface area contributed by atoms with Gasteiger partial charge in [0.05, 0.1) is 0 Å². The average molecular weight is 254 g/mol. The zero-order chi connectivity index (χ0) is 13.1.